The topological polar surface area (TPSA) is 82.7 Å². The molecule has 1 saturated heterocycles. The molecule has 7 heteroatoms. The number of aromatic nitrogens is 1. The molecule has 3 rings (SSSR count). The van der Waals surface area contributed by atoms with Crippen molar-refractivity contribution in [3.05, 3.63) is 70.1 Å². The Morgan fingerprint density at radius 1 is 1.04 bits per heavy atom. The average molecular weight is 383 g/mol. The van der Waals surface area contributed by atoms with E-state index < -0.39 is 11.7 Å². The Bertz CT molecular complexity index is 902. The first-order valence-corrected chi connectivity index (χ1v) is 9.28. The fourth-order valence-electron chi connectivity index (χ4n) is 3.21. The van der Waals surface area contributed by atoms with E-state index in [0.29, 0.717) is 19.6 Å². The summed E-state index contributed by atoms with van der Waals surface area (Å²) in [5, 5.41) is 0. The van der Waals surface area contributed by atoms with Gasteiger partial charge in [-0.05, 0) is 32.4 Å². The van der Waals surface area contributed by atoms with Gasteiger partial charge in [-0.3, -0.25) is 9.59 Å². The van der Waals surface area contributed by atoms with Gasteiger partial charge in [0.2, 0.25) is 5.56 Å². The zero-order chi connectivity index (χ0) is 20.3. The van der Waals surface area contributed by atoms with E-state index in [1.165, 1.54) is 6.07 Å². The Hall–Kier alpha value is -3.09. The largest absolute Gasteiger partial charge is 0.444 e. The smallest absolute Gasteiger partial charge is 0.410 e. The van der Waals surface area contributed by atoms with Crippen molar-refractivity contribution < 1.29 is 14.3 Å². The second-order valence-electron chi connectivity index (χ2n) is 7.78. The van der Waals surface area contributed by atoms with E-state index in [1.807, 2.05) is 51.1 Å². The highest BCUT2D eigenvalue weighted by Crippen LogP contribution is 2.27. The van der Waals surface area contributed by atoms with Crippen molar-refractivity contribution in [3.8, 4) is 0 Å². The summed E-state index contributed by atoms with van der Waals surface area (Å²) in [4.78, 5) is 43.1. The Morgan fingerprint density at radius 2 is 1.75 bits per heavy atom. The molecule has 2 heterocycles. The minimum Gasteiger partial charge on any atom is -0.444 e. The van der Waals surface area contributed by atoms with Crippen molar-refractivity contribution in [2.24, 2.45) is 0 Å². The van der Waals surface area contributed by atoms with Crippen LogP contribution in [0.15, 0.2) is 53.3 Å². The number of ether oxygens (including phenoxy) is 1. The van der Waals surface area contributed by atoms with Gasteiger partial charge in [0.25, 0.3) is 5.91 Å². The molecule has 1 aliphatic rings. The molecule has 148 valence electrons. The number of carbonyl (C=O) groups is 2. The molecule has 0 bridgehead atoms. The second-order valence-corrected chi connectivity index (χ2v) is 7.78. The van der Waals surface area contributed by atoms with Gasteiger partial charge < -0.3 is 19.5 Å². The number of benzene rings is 1. The summed E-state index contributed by atoms with van der Waals surface area (Å²) in [6.07, 6.45) is -0.395. The average Bonchev–Trinajstić information content (AvgIpc) is 2.66. The Morgan fingerprint density at radius 3 is 2.39 bits per heavy atom. The van der Waals surface area contributed by atoms with Gasteiger partial charge in [0, 0.05) is 25.7 Å². The van der Waals surface area contributed by atoms with Crippen LogP contribution in [0.3, 0.4) is 0 Å². The van der Waals surface area contributed by atoms with Gasteiger partial charge in [-0.15, -0.1) is 0 Å². The molecule has 1 aromatic carbocycles. The molecular formula is C21H25N3O4. The zero-order valence-corrected chi connectivity index (χ0v) is 16.3. The van der Waals surface area contributed by atoms with Crippen molar-refractivity contribution in [1.82, 2.24) is 14.8 Å². The van der Waals surface area contributed by atoms with Gasteiger partial charge in [0.05, 0.1) is 6.04 Å². The minimum absolute atomic E-state index is 0.235. The minimum atomic E-state index is -0.587. The standard InChI is InChI=1S/C21H25N3O4/c1-21(2,3)28-20(27)23-12-13-24(17(14-23)15-8-5-4-6-9-15)19(26)16-10-7-11-18(25)22-16/h4-11,17H,12-14H2,1-3H3,(H,22,25). The molecule has 28 heavy (non-hydrogen) atoms. The number of pyridine rings is 1. The van der Waals surface area contributed by atoms with Crippen molar-refractivity contribution in [2.45, 2.75) is 32.4 Å². The van der Waals surface area contributed by atoms with Crippen LogP contribution in [0.2, 0.25) is 0 Å². The normalized spacial score (nSPS) is 17.3. The molecule has 0 radical (unpaired) electrons. The summed E-state index contributed by atoms with van der Waals surface area (Å²) >= 11 is 0. The van der Waals surface area contributed by atoms with Crippen molar-refractivity contribution >= 4 is 12.0 Å². The number of hydrogen-bond acceptors (Lipinski definition) is 4. The molecular weight excluding hydrogens is 358 g/mol. The van der Waals surface area contributed by atoms with E-state index in [-0.39, 0.29) is 23.2 Å². The van der Waals surface area contributed by atoms with Crippen LogP contribution in [0.1, 0.15) is 42.9 Å². The Balaban J connectivity index is 1.87. The molecule has 0 spiro atoms. The van der Waals surface area contributed by atoms with E-state index in [0.717, 1.165) is 5.56 Å². The van der Waals surface area contributed by atoms with Crippen LogP contribution in [-0.4, -0.2) is 52.0 Å². The molecule has 1 unspecified atom stereocenters. The molecule has 0 saturated carbocycles. The van der Waals surface area contributed by atoms with Crippen molar-refractivity contribution in [2.75, 3.05) is 19.6 Å². The monoisotopic (exact) mass is 383 g/mol. The summed E-state index contributed by atoms with van der Waals surface area (Å²) in [6, 6.07) is 13.7. The molecule has 1 fully saturated rings. The van der Waals surface area contributed by atoms with Gasteiger partial charge in [-0.1, -0.05) is 36.4 Å². The summed E-state index contributed by atoms with van der Waals surface area (Å²) in [5.41, 5.74) is 0.242. The van der Waals surface area contributed by atoms with Crippen LogP contribution < -0.4 is 5.56 Å². The fourth-order valence-corrected chi connectivity index (χ4v) is 3.21. The second kappa shape index (κ2) is 7.88. The Kier molecular flexibility index (Phi) is 5.53. The molecule has 0 aliphatic carbocycles. The van der Waals surface area contributed by atoms with Crippen LogP contribution in [0, 0.1) is 0 Å². The highest BCUT2D eigenvalue weighted by Gasteiger charge is 2.35. The van der Waals surface area contributed by atoms with Crippen molar-refractivity contribution in [3.63, 3.8) is 0 Å². The zero-order valence-electron chi connectivity index (χ0n) is 16.3. The molecule has 1 N–H and O–H groups in total. The molecule has 2 amide bonds. The SMILES string of the molecule is CC(C)(C)OC(=O)N1CCN(C(=O)c2cccc(=O)[nH]2)C(c2ccccc2)C1. The number of aromatic amines is 1. The van der Waals surface area contributed by atoms with E-state index in [1.54, 1.807) is 21.9 Å². The van der Waals surface area contributed by atoms with E-state index >= 15 is 0 Å². The number of nitrogens with one attached hydrogen (secondary N) is 1. The summed E-state index contributed by atoms with van der Waals surface area (Å²) in [5.74, 6) is -0.268. The maximum absolute atomic E-state index is 13.1. The van der Waals surface area contributed by atoms with E-state index in [9.17, 15) is 14.4 Å². The first-order chi connectivity index (χ1) is 13.2. The number of piperazine rings is 1. The first-order valence-electron chi connectivity index (χ1n) is 9.28. The maximum atomic E-state index is 13.1. The summed E-state index contributed by atoms with van der Waals surface area (Å²) < 4.78 is 5.49. The Labute approximate surface area is 163 Å². The van der Waals surface area contributed by atoms with E-state index in [4.69, 9.17) is 4.74 Å². The van der Waals surface area contributed by atoms with E-state index in [2.05, 4.69) is 4.98 Å². The van der Waals surface area contributed by atoms with Gasteiger partial charge in [0.15, 0.2) is 0 Å². The summed E-state index contributed by atoms with van der Waals surface area (Å²) in [7, 11) is 0. The number of amides is 2. The summed E-state index contributed by atoms with van der Waals surface area (Å²) in [6.45, 7) is 6.50. The molecule has 1 aromatic heterocycles. The van der Waals surface area contributed by atoms with Gasteiger partial charge >= 0.3 is 6.09 Å². The quantitative estimate of drug-likeness (QED) is 0.864. The fraction of sp³-hybridized carbons (Fsp3) is 0.381. The number of hydrogen-bond donors (Lipinski definition) is 1. The van der Waals surface area contributed by atoms with Crippen LogP contribution >= 0.6 is 0 Å². The first kappa shape index (κ1) is 19.7. The maximum Gasteiger partial charge on any atom is 0.410 e. The molecule has 1 aliphatic heterocycles. The lowest BCUT2D eigenvalue weighted by atomic mass is 10.0. The van der Waals surface area contributed by atoms with Gasteiger partial charge in [-0.2, -0.15) is 0 Å². The third-order valence-electron chi connectivity index (χ3n) is 4.48. The lowest BCUT2D eigenvalue weighted by Gasteiger charge is -2.41. The third-order valence-corrected chi connectivity index (χ3v) is 4.48. The van der Waals surface area contributed by atoms with Gasteiger partial charge in [-0.25, -0.2) is 4.79 Å². The van der Waals surface area contributed by atoms with Crippen molar-refractivity contribution in [1.29, 1.82) is 0 Å². The van der Waals surface area contributed by atoms with Crippen LogP contribution in [0.5, 0.6) is 0 Å². The highest BCUT2D eigenvalue weighted by atomic mass is 16.6. The number of rotatable bonds is 2. The lowest BCUT2D eigenvalue weighted by Crippen LogP contribution is -2.53. The lowest BCUT2D eigenvalue weighted by molar-refractivity contribution is 0.00396. The molecule has 1 atom stereocenters. The van der Waals surface area contributed by atoms with Crippen LogP contribution in [0.4, 0.5) is 4.79 Å². The third kappa shape index (κ3) is 4.60. The molecule has 2 aromatic rings. The highest BCUT2D eigenvalue weighted by molar-refractivity contribution is 5.92. The van der Waals surface area contributed by atoms with Gasteiger partial charge in [0.1, 0.15) is 11.3 Å². The van der Waals surface area contributed by atoms with Crippen LogP contribution in [-0.2, 0) is 4.74 Å². The number of H-pyrrole nitrogens is 1. The number of nitrogens with zero attached hydrogens (tertiary/aromatic N) is 2. The predicted molar refractivity (Wildman–Crippen MR) is 105 cm³/mol. The van der Waals surface area contributed by atoms with Crippen LogP contribution in [0.25, 0.3) is 0 Å². The predicted octanol–water partition coefficient (Wildman–Crippen LogP) is 2.81. The molecule has 7 nitrogen and oxygen atoms in total. The number of carbonyl (C=O) groups excluding carboxylic acids is 2.